The summed E-state index contributed by atoms with van der Waals surface area (Å²) >= 11 is 5.93. The number of benzene rings is 1. The van der Waals surface area contributed by atoms with Crippen molar-refractivity contribution in [1.82, 2.24) is 10.1 Å². The summed E-state index contributed by atoms with van der Waals surface area (Å²) in [7, 11) is 1.55. The molecule has 0 N–H and O–H groups in total. The lowest BCUT2D eigenvalue weighted by molar-refractivity contribution is 0.169. The molecule has 1 aromatic carbocycles. The fraction of sp³-hybridized carbons (Fsp3) is 0.308. The summed E-state index contributed by atoms with van der Waals surface area (Å²) in [5, 5.41) is 12.9. The van der Waals surface area contributed by atoms with E-state index in [1.807, 2.05) is 6.07 Å². The van der Waals surface area contributed by atoms with Crippen molar-refractivity contribution in [2.45, 2.75) is 19.6 Å². The molecule has 0 saturated heterocycles. The van der Waals surface area contributed by atoms with Crippen molar-refractivity contribution in [2.75, 3.05) is 7.11 Å². The first-order valence-corrected chi connectivity index (χ1v) is 6.19. The van der Waals surface area contributed by atoms with Crippen LogP contribution in [-0.4, -0.2) is 17.3 Å². The van der Waals surface area contributed by atoms with Crippen molar-refractivity contribution in [1.29, 1.82) is 5.26 Å². The summed E-state index contributed by atoms with van der Waals surface area (Å²) in [5.74, 6) is 1.32. The topological polar surface area (TPSA) is 81.2 Å². The Balaban J connectivity index is 2.08. The molecule has 2 rings (SSSR count). The second-order valence-corrected chi connectivity index (χ2v) is 4.40. The molecule has 6 nitrogen and oxygen atoms in total. The van der Waals surface area contributed by atoms with Gasteiger partial charge in [0.05, 0.1) is 10.6 Å². The maximum Gasteiger partial charge on any atom is 0.267 e. The van der Waals surface area contributed by atoms with Crippen LogP contribution in [0.4, 0.5) is 0 Å². The minimum Gasteiger partial charge on any atom is -0.481 e. The van der Waals surface area contributed by atoms with Gasteiger partial charge >= 0.3 is 0 Å². The van der Waals surface area contributed by atoms with Crippen LogP contribution in [0.5, 0.6) is 5.75 Å². The number of hydrogen-bond donors (Lipinski definition) is 0. The molecule has 0 saturated carbocycles. The molecular weight excluding hydrogens is 282 g/mol. The number of ether oxygens (including phenoxy) is 2. The number of rotatable bonds is 5. The Kier molecular flexibility index (Phi) is 4.56. The van der Waals surface area contributed by atoms with Crippen molar-refractivity contribution in [2.24, 2.45) is 0 Å². The predicted octanol–water partition coefficient (Wildman–Crippen LogP) is 2.88. The van der Waals surface area contributed by atoms with E-state index in [0.29, 0.717) is 28.1 Å². The molecular formula is C13H12ClN3O3. The molecule has 2 aromatic rings. The van der Waals surface area contributed by atoms with Gasteiger partial charge < -0.3 is 14.0 Å². The fourth-order valence-corrected chi connectivity index (χ4v) is 1.75. The molecule has 0 aliphatic rings. The molecule has 0 amide bonds. The molecule has 20 heavy (non-hydrogen) atoms. The van der Waals surface area contributed by atoms with Gasteiger partial charge in [-0.3, -0.25) is 0 Å². The third-order valence-corrected chi connectivity index (χ3v) is 2.79. The van der Waals surface area contributed by atoms with Gasteiger partial charge in [0.15, 0.2) is 11.9 Å². The number of hydrogen-bond acceptors (Lipinski definition) is 6. The fourth-order valence-electron chi connectivity index (χ4n) is 1.53. The summed E-state index contributed by atoms with van der Waals surface area (Å²) in [5.41, 5.74) is 0.395. The first kappa shape index (κ1) is 14.3. The van der Waals surface area contributed by atoms with Crippen molar-refractivity contribution in [3.8, 4) is 11.8 Å². The normalized spacial score (nSPS) is 11.9. The summed E-state index contributed by atoms with van der Waals surface area (Å²) in [4.78, 5) is 4.14. The van der Waals surface area contributed by atoms with Crippen molar-refractivity contribution in [3.63, 3.8) is 0 Å². The van der Waals surface area contributed by atoms with Gasteiger partial charge in [0.2, 0.25) is 0 Å². The highest BCUT2D eigenvalue weighted by Gasteiger charge is 2.16. The molecule has 0 bridgehead atoms. The summed E-state index contributed by atoms with van der Waals surface area (Å²) in [6.07, 6.45) is -0.433. The monoisotopic (exact) mass is 293 g/mol. The smallest absolute Gasteiger partial charge is 0.267 e. The Hall–Kier alpha value is -2.10. The molecule has 104 valence electrons. The van der Waals surface area contributed by atoms with Gasteiger partial charge in [-0.25, -0.2) is 0 Å². The van der Waals surface area contributed by atoms with E-state index < -0.39 is 6.10 Å². The van der Waals surface area contributed by atoms with Crippen molar-refractivity contribution in [3.05, 3.63) is 40.5 Å². The van der Waals surface area contributed by atoms with E-state index in [0.717, 1.165) is 0 Å². The van der Waals surface area contributed by atoms with Gasteiger partial charge in [-0.15, -0.1) is 0 Å². The lowest BCUT2D eigenvalue weighted by atomic mass is 10.2. The third kappa shape index (κ3) is 3.26. The molecule has 0 spiro atoms. The first-order valence-electron chi connectivity index (χ1n) is 5.81. The zero-order valence-electron chi connectivity index (χ0n) is 11.0. The Bertz CT molecular complexity index is 636. The number of methoxy groups -OCH3 is 1. The van der Waals surface area contributed by atoms with Gasteiger partial charge in [0.25, 0.3) is 5.89 Å². The number of nitrogens with zero attached hydrogens (tertiary/aromatic N) is 3. The van der Waals surface area contributed by atoms with Crippen LogP contribution >= 0.6 is 11.6 Å². The lowest BCUT2D eigenvalue weighted by Crippen LogP contribution is -2.04. The van der Waals surface area contributed by atoms with E-state index in [-0.39, 0.29) is 6.61 Å². The summed E-state index contributed by atoms with van der Waals surface area (Å²) < 4.78 is 15.6. The van der Waals surface area contributed by atoms with Gasteiger partial charge in [0, 0.05) is 13.2 Å². The van der Waals surface area contributed by atoms with Crippen molar-refractivity contribution >= 4 is 11.6 Å². The predicted molar refractivity (Wildman–Crippen MR) is 70.2 cm³/mol. The van der Waals surface area contributed by atoms with Crippen LogP contribution in [0.3, 0.4) is 0 Å². The number of aromatic nitrogens is 2. The van der Waals surface area contributed by atoms with Gasteiger partial charge in [-0.05, 0) is 19.1 Å². The van der Waals surface area contributed by atoms with E-state index in [1.165, 1.54) is 0 Å². The van der Waals surface area contributed by atoms with E-state index >= 15 is 0 Å². The lowest BCUT2D eigenvalue weighted by Gasteiger charge is -2.11. The van der Waals surface area contributed by atoms with Crippen LogP contribution in [0.2, 0.25) is 5.02 Å². The van der Waals surface area contributed by atoms with Gasteiger partial charge in [0.1, 0.15) is 18.4 Å². The van der Waals surface area contributed by atoms with Crippen LogP contribution in [-0.2, 0) is 11.3 Å². The number of halogens is 1. The Labute approximate surface area is 120 Å². The molecule has 0 radical (unpaired) electrons. The third-order valence-electron chi connectivity index (χ3n) is 2.48. The standard InChI is InChI=1S/C13H12ClN3O3/c1-8(13-16-12(7-18-2)17-20-13)19-10-4-3-9(6-15)11(14)5-10/h3-5,8H,7H2,1-2H3/t8-/m1/s1. The zero-order chi connectivity index (χ0) is 14.5. The average molecular weight is 294 g/mol. The van der Waals surface area contributed by atoms with Crippen LogP contribution in [0, 0.1) is 11.3 Å². The highest BCUT2D eigenvalue weighted by molar-refractivity contribution is 6.31. The minimum absolute atomic E-state index is 0.277. The molecule has 0 unspecified atom stereocenters. The first-order chi connectivity index (χ1) is 9.63. The quantitative estimate of drug-likeness (QED) is 0.843. The highest BCUT2D eigenvalue weighted by atomic mass is 35.5. The van der Waals surface area contributed by atoms with E-state index in [9.17, 15) is 0 Å². The zero-order valence-corrected chi connectivity index (χ0v) is 11.7. The Morgan fingerprint density at radius 1 is 1.50 bits per heavy atom. The average Bonchev–Trinajstić information content (AvgIpc) is 2.88. The van der Waals surface area contributed by atoms with Crippen LogP contribution in [0.15, 0.2) is 22.7 Å². The molecule has 1 heterocycles. The summed E-state index contributed by atoms with van der Waals surface area (Å²) in [6.45, 7) is 2.05. The molecule has 0 aliphatic heterocycles. The van der Waals surface area contributed by atoms with E-state index in [1.54, 1.807) is 32.2 Å². The van der Waals surface area contributed by atoms with Crippen molar-refractivity contribution < 1.29 is 14.0 Å². The maximum atomic E-state index is 8.80. The maximum absolute atomic E-state index is 8.80. The Morgan fingerprint density at radius 2 is 2.30 bits per heavy atom. The number of nitriles is 1. The van der Waals surface area contributed by atoms with Crippen LogP contribution in [0.1, 0.15) is 30.3 Å². The molecule has 7 heteroatoms. The minimum atomic E-state index is -0.433. The second kappa shape index (κ2) is 6.37. The van der Waals surface area contributed by atoms with E-state index in [4.69, 9.17) is 30.9 Å². The van der Waals surface area contributed by atoms with Gasteiger partial charge in [-0.2, -0.15) is 10.2 Å². The second-order valence-electron chi connectivity index (χ2n) is 4.00. The molecule has 0 aliphatic carbocycles. The highest BCUT2D eigenvalue weighted by Crippen LogP contribution is 2.25. The van der Waals surface area contributed by atoms with Crippen LogP contribution in [0.25, 0.3) is 0 Å². The summed E-state index contributed by atoms with van der Waals surface area (Å²) in [6, 6.07) is 6.81. The van der Waals surface area contributed by atoms with E-state index in [2.05, 4.69) is 10.1 Å². The molecule has 0 fully saturated rings. The Morgan fingerprint density at radius 3 is 2.95 bits per heavy atom. The SMILES string of the molecule is COCc1noc([C@@H](C)Oc2ccc(C#N)c(Cl)c2)n1. The van der Waals surface area contributed by atoms with Crippen LogP contribution < -0.4 is 4.74 Å². The van der Waals surface area contributed by atoms with Gasteiger partial charge in [-0.1, -0.05) is 16.8 Å². The largest absolute Gasteiger partial charge is 0.481 e. The molecule has 1 atom stereocenters. The molecule has 1 aromatic heterocycles.